The Kier molecular flexibility index (Phi) is 5.03. The molecule has 1 aliphatic rings. The third-order valence-electron chi connectivity index (χ3n) is 4.83. The van der Waals surface area contributed by atoms with Crippen LogP contribution >= 0.6 is 0 Å². The van der Waals surface area contributed by atoms with Crippen LogP contribution < -0.4 is 0 Å². The van der Waals surface area contributed by atoms with E-state index in [0.29, 0.717) is 23.5 Å². The van der Waals surface area contributed by atoms with Gasteiger partial charge in [-0.05, 0) is 37.6 Å². The monoisotopic (exact) mass is 392 g/mol. The van der Waals surface area contributed by atoms with E-state index in [1.807, 2.05) is 31.2 Å². The highest BCUT2D eigenvalue weighted by atomic mass is 16.5. The van der Waals surface area contributed by atoms with E-state index in [4.69, 9.17) is 13.6 Å². The molecule has 0 bridgehead atoms. The molecule has 1 aromatic carbocycles. The van der Waals surface area contributed by atoms with Crippen molar-refractivity contribution in [3.63, 3.8) is 0 Å². The van der Waals surface area contributed by atoms with Gasteiger partial charge in [-0.3, -0.25) is 4.79 Å². The van der Waals surface area contributed by atoms with E-state index in [2.05, 4.69) is 5.10 Å². The topological polar surface area (TPSA) is 85.3 Å². The lowest BCUT2D eigenvalue weighted by molar-refractivity contribution is -0.136. The molecule has 0 spiro atoms. The summed E-state index contributed by atoms with van der Waals surface area (Å²) in [7, 11) is 0. The first-order valence-electron chi connectivity index (χ1n) is 9.24. The second-order valence-corrected chi connectivity index (χ2v) is 6.85. The first kappa shape index (κ1) is 18.7. The summed E-state index contributed by atoms with van der Waals surface area (Å²) >= 11 is 0. The Morgan fingerprint density at radius 3 is 2.55 bits per heavy atom. The van der Waals surface area contributed by atoms with Crippen molar-refractivity contribution < 1.29 is 23.2 Å². The largest absolute Gasteiger partial charge is 0.469 e. The van der Waals surface area contributed by atoms with Gasteiger partial charge in [0, 0.05) is 6.42 Å². The van der Waals surface area contributed by atoms with Crippen molar-refractivity contribution in [2.75, 3.05) is 6.61 Å². The zero-order valence-corrected chi connectivity index (χ0v) is 16.1. The van der Waals surface area contributed by atoms with Crippen LogP contribution in [0.4, 0.5) is 0 Å². The van der Waals surface area contributed by atoms with Crippen molar-refractivity contribution >= 4 is 17.6 Å². The lowest BCUT2D eigenvalue weighted by Gasteiger charge is -2.19. The molecular formula is C22H20N2O5. The van der Waals surface area contributed by atoms with Crippen LogP contribution in [-0.2, 0) is 9.53 Å². The lowest BCUT2D eigenvalue weighted by Crippen LogP contribution is -2.31. The summed E-state index contributed by atoms with van der Waals surface area (Å²) in [4.78, 5) is 25.0. The minimum absolute atomic E-state index is 0.297. The number of carbonyl (C=O) groups excluding carboxylic acids is 2. The molecule has 1 amide bonds. The molecule has 7 nitrogen and oxygen atoms in total. The van der Waals surface area contributed by atoms with Crippen molar-refractivity contribution in [3.05, 3.63) is 83.2 Å². The zero-order valence-electron chi connectivity index (χ0n) is 16.1. The number of ether oxygens (including phenoxy) is 1. The highest BCUT2D eigenvalue weighted by Gasteiger charge is 2.35. The van der Waals surface area contributed by atoms with Gasteiger partial charge >= 0.3 is 5.97 Å². The maximum Gasteiger partial charge on any atom is 0.342 e. The van der Waals surface area contributed by atoms with E-state index in [1.54, 1.807) is 25.3 Å². The molecule has 2 aromatic heterocycles. The minimum Gasteiger partial charge on any atom is -0.469 e. The Bertz CT molecular complexity index is 1050. The number of nitrogens with zero attached hydrogens (tertiary/aromatic N) is 2. The van der Waals surface area contributed by atoms with Crippen LogP contribution in [-0.4, -0.2) is 29.2 Å². The molecule has 0 saturated heterocycles. The molecule has 0 N–H and O–H groups in total. The van der Waals surface area contributed by atoms with Crippen molar-refractivity contribution in [3.8, 4) is 0 Å². The van der Waals surface area contributed by atoms with Gasteiger partial charge in [-0.1, -0.05) is 29.8 Å². The quantitative estimate of drug-likeness (QED) is 0.612. The highest BCUT2D eigenvalue weighted by molar-refractivity contribution is 6.03. The third-order valence-corrected chi connectivity index (χ3v) is 4.83. The smallest absolute Gasteiger partial charge is 0.342 e. The number of rotatable bonds is 5. The van der Waals surface area contributed by atoms with Crippen LogP contribution in [0, 0.1) is 13.8 Å². The molecular weight excluding hydrogens is 372 g/mol. The van der Waals surface area contributed by atoms with Crippen molar-refractivity contribution in [1.82, 2.24) is 5.01 Å². The third kappa shape index (κ3) is 3.85. The van der Waals surface area contributed by atoms with Gasteiger partial charge < -0.3 is 13.6 Å². The first-order chi connectivity index (χ1) is 14.0. The number of furan rings is 2. The van der Waals surface area contributed by atoms with Gasteiger partial charge in [0.1, 0.15) is 23.1 Å². The molecule has 0 unspecified atom stereocenters. The minimum atomic E-state index is -0.610. The standard InChI is InChI=1S/C22H20N2O5/c1-14-5-7-16(8-6-14)18-12-19(20-4-3-10-28-20)24(23-18)21(25)13-29-22(26)17-9-11-27-15(17)2/h3-11,19H,12-13H2,1-2H3/t19-/m0/s1. The molecule has 0 radical (unpaired) electrons. The number of hydrogen-bond acceptors (Lipinski definition) is 6. The number of aryl methyl sites for hydroxylation is 2. The maximum atomic E-state index is 12.8. The second-order valence-electron chi connectivity index (χ2n) is 6.85. The second kappa shape index (κ2) is 7.79. The SMILES string of the molecule is Cc1ccc(C2=NN(C(=O)COC(=O)c3ccoc3C)[C@H](c3ccco3)C2)cc1. The van der Waals surface area contributed by atoms with Crippen LogP contribution in [0.3, 0.4) is 0 Å². The van der Waals surface area contributed by atoms with E-state index < -0.39 is 18.5 Å². The molecule has 0 saturated carbocycles. The average Bonchev–Trinajstić information content (AvgIpc) is 3.46. The Balaban J connectivity index is 1.52. The first-order valence-corrected chi connectivity index (χ1v) is 9.24. The zero-order chi connectivity index (χ0) is 20.4. The normalized spacial score (nSPS) is 16.0. The summed E-state index contributed by atoms with van der Waals surface area (Å²) in [5, 5.41) is 5.85. The maximum absolute atomic E-state index is 12.8. The number of amides is 1. The lowest BCUT2D eigenvalue weighted by atomic mass is 10.0. The predicted octanol–water partition coefficient (Wildman–Crippen LogP) is 4.02. The summed E-state index contributed by atoms with van der Waals surface area (Å²) in [5.41, 5.74) is 3.15. The summed E-state index contributed by atoms with van der Waals surface area (Å²) < 4.78 is 15.8. The Hall–Kier alpha value is -3.61. The van der Waals surface area contributed by atoms with E-state index in [0.717, 1.165) is 16.8 Å². The molecule has 29 heavy (non-hydrogen) atoms. The van der Waals surface area contributed by atoms with Gasteiger partial charge in [0.15, 0.2) is 6.61 Å². The van der Waals surface area contributed by atoms with E-state index >= 15 is 0 Å². The van der Waals surface area contributed by atoms with Gasteiger partial charge in [-0.25, -0.2) is 9.80 Å². The molecule has 1 atom stereocenters. The average molecular weight is 392 g/mol. The van der Waals surface area contributed by atoms with Crippen LogP contribution in [0.2, 0.25) is 0 Å². The number of carbonyl (C=O) groups is 2. The number of hydrogen-bond donors (Lipinski definition) is 0. The Labute approximate surface area is 167 Å². The fraction of sp³-hybridized carbons (Fsp3) is 0.227. The summed E-state index contributed by atoms with van der Waals surface area (Å²) in [5.74, 6) is 0.0297. The molecule has 4 rings (SSSR count). The van der Waals surface area contributed by atoms with Crippen LogP contribution in [0.5, 0.6) is 0 Å². The van der Waals surface area contributed by atoms with Crippen molar-refractivity contribution in [2.24, 2.45) is 5.10 Å². The van der Waals surface area contributed by atoms with Gasteiger partial charge in [0.05, 0.1) is 18.2 Å². The van der Waals surface area contributed by atoms with Gasteiger partial charge in [0.2, 0.25) is 0 Å². The van der Waals surface area contributed by atoms with Crippen LogP contribution in [0.1, 0.15) is 45.5 Å². The summed E-state index contributed by atoms with van der Waals surface area (Å²) in [6.45, 7) is 3.24. The number of benzene rings is 1. The fourth-order valence-electron chi connectivity index (χ4n) is 3.23. The Morgan fingerprint density at radius 1 is 1.10 bits per heavy atom. The van der Waals surface area contributed by atoms with Crippen LogP contribution in [0.25, 0.3) is 0 Å². The van der Waals surface area contributed by atoms with Gasteiger partial charge in [0.25, 0.3) is 5.91 Å². The van der Waals surface area contributed by atoms with Gasteiger partial charge in [-0.2, -0.15) is 5.10 Å². The van der Waals surface area contributed by atoms with E-state index in [-0.39, 0.29) is 6.04 Å². The molecule has 0 aliphatic carbocycles. The van der Waals surface area contributed by atoms with Gasteiger partial charge in [-0.15, -0.1) is 0 Å². The summed E-state index contributed by atoms with van der Waals surface area (Å²) in [6.07, 6.45) is 3.47. The molecule has 1 aliphatic heterocycles. The summed E-state index contributed by atoms with van der Waals surface area (Å²) in [6, 6.07) is 12.6. The molecule has 3 heterocycles. The molecule has 0 fully saturated rings. The number of esters is 1. The molecule has 3 aromatic rings. The van der Waals surface area contributed by atoms with Crippen LogP contribution in [0.15, 0.2) is 68.9 Å². The van der Waals surface area contributed by atoms with E-state index in [9.17, 15) is 9.59 Å². The molecule has 148 valence electrons. The van der Waals surface area contributed by atoms with Crippen molar-refractivity contribution in [2.45, 2.75) is 26.3 Å². The van der Waals surface area contributed by atoms with E-state index in [1.165, 1.54) is 17.3 Å². The molecule has 7 heteroatoms. The van der Waals surface area contributed by atoms with Crippen molar-refractivity contribution in [1.29, 1.82) is 0 Å². The fourth-order valence-corrected chi connectivity index (χ4v) is 3.23. The highest BCUT2D eigenvalue weighted by Crippen LogP contribution is 2.33. The number of hydrazone groups is 1. The Morgan fingerprint density at radius 2 is 1.90 bits per heavy atom. The predicted molar refractivity (Wildman–Crippen MR) is 104 cm³/mol.